The summed E-state index contributed by atoms with van der Waals surface area (Å²) in [7, 11) is -3.87. The van der Waals surface area contributed by atoms with E-state index in [-0.39, 0.29) is 16.8 Å². The molecule has 0 radical (unpaired) electrons. The minimum absolute atomic E-state index is 0.0114. The monoisotopic (exact) mass is 454 g/mol. The molecule has 0 aliphatic heterocycles. The van der Waals surface area contributed by atoms with E-state index >= 15 is 0 Å². The van der Waals surface area contributed by atoms with Crippen molar-refractivity contribution in [1.29, 1.82) is 0 Å². The van der Waals surface area contributed by atoms with Gasteiger partial charge in [-0.1, -0.05) is 12.1 Å². The highest BCUT2D eigenvalue weighted by molar-refractivity contribution is 7.92. The van der Waals surface area contributed by atoms with Gasteiger partial charge in [-0.05, 0) is 82.1 Å². The molecule has 3 aromatic rings. The number of nitrogens with zero attached hydrogens (tertiary/aromatic N) is 2. The van der Waals surface area contributed by atoms with Crippen molar-refractivity contribution in [2.45, 2.75) is 45.6 Å². The Hall–Kier alpha value is -3.46. The van der Waals surface area contributed by atoms with Crippen LogP contribution in [0.4, 0.5) is 11.6 Å². The Morgan fingerprint density at radius 1 is 0.938 bits per heavy atom. The molecule has 0 spiro atoms. The highest BCUT2D eigenvalue weighted by atomic mass is 32.2. The van der Waals surface area contributed by atoms with E-state index in [1.54, 1.807) is 26.8 Å². The topological polar surface area (TPSA) is 110 Å². The number of hydrogen-bond donors (Lipinski definition) is 2. The maximum atomic E-state index is 12.6. The van der Waals surface area contributed by atoms with Crippen molar-refractivity contribution in [3.8, 4) is 5.75 Å². The third-order valence-electron chi connectivity index (χ3n) is 4.66. The first kappa shape index (κ1) is 23.2. The molecule has 0 unspecified atom stereocenters. The number of carbonyl (C=O) groups excluding carboxylic acids is 1. The van der Waals surface area contributed by atoms with Gasteiger partial charge in [-0.15, -0.1) is 0 Å². The lowest BCUT2D eigenvalue weighted by Crippen LogP contribution is -2.30. The molecule has 3 rings (SSSR count). The van der Waals surface area contributed by atoms with Crippen LogP contribution in [-0.2, 0) is 14.8 Å². The van der Waals surface area contributed by atoms with E-state index < -0.39 is 16.1 Å². The van der Waals surface area contributed by atoms with E-state index in [1.165, 1.54) is 24.3 Å². The number of aromatic nitrogens is 2. The lowest BCUT2D eigenvalue weighted by molar-refractivity contribution is -0.122. The van der Waals surface area contributed by atoms with Crippen LogP contribution in [0.15, 0.2) is 53.4 Å². The SMILES string of the molecule is Cc1ccc(C)c(O[C@H](C)C(=O)Nc2ccc(S(=O)(=O)Nc3nc(C)cc(C)n3)cc2)c1. The van der Waals surface area contributed by atoms with E-state index in [9.17, 15) is 13.2 Å². The highest BCUT2D eigenvalue weighted by Crippen LogP contribution is 2.21. The molecular weight excluding hydrogens is 428 g/mol. The van der Waals surface area contributed by atoms with Gasteiger partial charge in [-0.2, -0.15) is 0 Å². The lowest BCUT2D eigenvalue weighted by atomic mass is 10.1. The molecule has 2 aromatic carbocycles. The molecule has 8 nitrogen and oxygen atoms in total. The molecule has 0 aliphatic rings. The van der Waals surface area contributed by atoms with Crippen LogP contribution in [0.3, 0.4) is 0 Å². The van der Waals surface area contributed by atoms with Gasteiger partial charge < -0.3 is 10.1 Å². The summed E-state index contributed by atoms with van der Waals surface area (Å²) in [6.07, 6.45) is -0.734. The number of aryl methyl sites for hydroxylation is 4. The van der Waals surface area contributed by atoms with Gasteiger partial charge in [0, 0.05) is 17.1 Å². The van der Waals surface area contributed by atoms with Crippen LogP contribution in [0.25, 0.3) is 0 Å². The molecule has 0 bridgehead atoms. The summed E-state index contributed by atoms with van der Waals surface area (Å²) in [6.45, 7) is 9.04. The molecule has 1 heterocycles. The van der Waals surface area contributed by atoms with E-state index in [1.807, 2.05) is 32.0 Å². The summed E-state index contributed by atoms with van der Waals surface area (Å²) in [5.41, 5.74) is 3.74. The number of amides is 1. The van der Waals surface area contributed by atoms with E-state index in [0.717, 1.165) is 11.1 Å². The maximum absolute atomic E-state index is 12.6. The summed E-state index contributed by atoms with van der Waals surface area (Å²) < 4.78 is 33.4. The smallest absolute Gasteiger partial charge is 0.265 e. The van der Waals surface area contributed by atoms with Crippen molar-refractivity contribution >= 4 is 27.6 Å². The van der Waals surface area contributed by atoms with Crippen LogP contribution in [0.1, 0.15) is 29.4 Å². The Labute approximate surface area is 188 Å². The zero-order valence-corrected chi connectivity index (χ0v) is 19.4. The fraction of sp³-hybridized carbons (Fsp3) is 0.261. The second-order valence-corrected chi connectivity index (χ2v) is 9.30. The average molecular weight is 455 g/mol. The van der Waals surface area contributed by atoms with Crippen LogP contribution < -0.4 is 14.8 Å². The van der Waals surface area contributed by atoms with Crippen molar-refractivity contribution in [3.05, 3.63) is 71.0 Å². The molecule has 0 saturated carbocycles. The van der Waals surface area contributed by atoms with Crippen molar-refractivity contribution in [1.82, 2.24) is 9.97 Å². The van der Waals surface area contributed by atoms with Crippen LogP contribution in [0, 0.1) is 27.7 Å². The number of ether oxygens (including phenoxy) is 1. The normalized spacial score (nSPS) is 12.2. The largest absolute Gasteiger partial charge is 0.481 e. The van der Waals surface area contributed by atoms with Crippen LogP contribution in [-0.4, -0.2) is 30.4 Å². The van der Waals surface area contributed by atoms with Crippen LogP contribution >= 0.6 is 0 Å². The van der Waals surface area contributed by atoms with Gasteiger partial charge >= 0.3 is 0 Å². The van der Waals surface area contributed by atoms with Crippen molar-refractivity contribution < 1.29 is 17.9 Å². The number of carbonyl (C=O) groups is 1. The molecule has 1 aromatic heterocycles. The van der Waals surface area contributed by atoms with Gasteiger partial charge in [0.25, 0.3) is 15.9 Å². The van der Waals surface area contributed by atoms with Crippen molar-refractivity contribution in [3.63, 3.8) is 0 Å². The summed E-state index contributed by atoms with van der Waals surface area (Å²) in [5, 5.41) is 2.74. The third kappa shape index (κ3) is 5.82. The molecule has 9 heteroatoms. The first-order chi connectivity index (χ1) is 15.0. The molecule has 0 aliphatic carbocycles. The number of anilines is 2. The molecule has 0 saturated heterocycles. The number of hydrogen-bond acceptors (Lipinski definition) is 6. The van der Waals surface area contributed by atoms with E-state index in [0.29, 0.717) is 22.8 Å². The van der Waals surface area contributed by atoms with Crippen molar-refractivity contribution in [2.24, 2.45) is 0 Å². The van der Waals surface area contributed by atoms with E-state index in [2.05, 4.69) is 20.0 Å². The van der Waals surface area contributed by atoms with Crippen LogP contribution in [0.5, 0.6) is 5.75 Å². The minimum Gasteiger partial charge on any atom is -0.481 e. The number of benzene rings is 2. The Kier molecular flexibility index (Phi) is 6.78. The quantitative estimate of drug-likeness (QED) is 0.560. The minimum atomic E-state index is -3.87. The molecular formula is C23H26N4O4S. The second kappa shape index (κ2) is 9.35. The Bertz CT molecular complexity index is 1220. The number of rotatable bonds is 7. The predicted octanol–water partition coefficient (Wildman–Crippen LogP) is 3.92. The highest BCUT2D eigenvalue weighted by Gasteiger charge is 2.18. The maximum Gasteiger partial charge on any atom is 0.265 e. The number of nitrogens with one attached hydrogen (secondary N) is 2. The molecule has 168 valence electrons. The average Bonchev–Trinajstić information content (AvgIpc) is 2.70. The summed E-state index contributed by atoms with van der Waals surface area (Å²) in [6, 6.07) is 13.4. The molecule has 32 heavy (non-hydrogen) atoms. The predicted molar refractivity (Wildman–Crippen MR) is 123 cm³/mol. The summed E-state index contributed by atoms with van der Waals surface area (Å²) >= 11 is 0. The lowest BCUT2D eigenvalue weighted by Gasteiger charge is -2.17. The molecule has 0 fully saturated rings. The summed E-state index contributed by atoms with van der Waals surface area (Å²) in [5.74, 6) is 0.314. The zero-order valence-electron chi connectivity index (χ0n) is 18.6. The van der Waals surface area contributed by atoms with Crippen LogP contribution in [0.2, 0.25) is 0 Å². The van der Waals surface area contributed by atoms with Crippen molar-refractivity contribution in [2.75, 3.05) is 10.0 Å². The standard InChI is InChI=1S/C23H26N4O4S/c1-14-6-7-15(2)21(12-14)31-18(5)22(28)26-19-8-10-20(11-9-19)32(29,30)27-23-24-16(3)13-17(4)25-23/h6-13,18H,1-5H3,(H,26,28)(H,24,25,27)/t18-/m1/s1. The fourth-order valence-corrected chi connectivity index (χ4v) is 3.93. The fourth-order valence-electron chi connectivity index (χ4n) is 2.99. The zero-order chi connectivity index (χ0) is 23.5. The second-order valence-electron chi connectivity index (χ2n) is 7.62. The van der Waals surface area contributed by atoms with Gasteiger partial charge in [0.2, 0.25) is 5.95 Å². The number of sulfonamides is 1. The molecule has 1 atom stereocenters. The molecule has 1 amide bonds. The Balaban J connectivity index is 1.66. The Morgan fingerprint density at radius 3 is 2.19 bits per heavy atom. The van der Waals surface area contributed by atoms with Gasteiger partial charge in [-0.25, -0.2) is 23.1 Å². The first-order valence-electron chi connectivity index (χ1n) is 10.0. The van der Waals surface area contributed by atoms with Gasteiger partial charge in [0.05, 0.1) is 4.90 Å². The summed E-state index contributed by atoms with van der Waals surface area (Å²) in [4.78, 5) is 20.7. The van der Waals surface area contributed by atoms with Gasteiger partial charge in [0.15, 0.2) is 6.10 Å². The van der Waals surface area contributed by atoms with E-state index in [4.69, 9.17) is 4.74 Å². The molecule has 2 N–H and O–H groups in total. The first-order valence-corrected chi connectivity index (χ1v) is 11.5. The van der Waals surface area contributed by atoms with Gasteiger partial charge in [0.1, 0.15) is 5.75 Å². The Morgan fingerprint density at radius 2 is 1.56 bits per heavy atom. The third-order valence-corrected chi connectivity index (χ3v) is 6.00. The van der Waals surface area contributed by atoms with Gasteiger partial charge in [-0.3, -0.25) is 4.79 Å².